The van der Waals surface area contributed by atoms with E-state index in [4.69, 9.17) is 4.74 Å². The number of thiophene rings is 1. The molecular formula is C21H22N2O3S. The maximum Gasteiger partial charge on any atom is 0.282 e. The van der Waals surface area contributed by atoms with E-state index in [1.165, 1.54) is 16.2 Å². The third kappa shape index (κ3) is 3.14. The van der Waals surface area contributed by atoms with Crippen molar-refractivity contribution in [1.82, 2.24) is 4.90 Å². The van der Waals surface area contributed by atoms with Gasteiger partial charge >= 0.3 is 0 Å². The predicted octanol–water partition coefficient (Wildman–Crippen LogP) is 3.92. The molecule has 2 amide bonds. The normalized spacial score (nSPS) is 17.6. The second kappa shape index (κ2) is 7.19. The van der Waals surface area contributed by atoms with Crippen LogP contribution in [0, 0.1) is 0 Å². The van der Waals surface area contributed by atoms with Gasteiger partial charge in [-0.25, -0.2) is 4.90 Å². The van der Waals surface area contributed by atoms with Gasteiger partial charge in [0.15, 0.2) is 0 Å². The van der Waals surface area contributed by atoms with Gasteiger partial charge in [-0.1, -0.05) is 18.2 Å². The molecule has 6 heteroatoms. The molecule has 3 heterocycles. The summed E-state index contributed by atoms with van der Waals surface area (Å²) in [5, 5.41) is 1.93. The van der Waals surface area contributed by atoms with Gasteiger partial charge in [-0.2, -0.15) is 0 Å². The second-order valence-electron chi connectivity index (χ2n) is 6.98. The van der Waals surface area contributed by atoms with Crippen LogP contribution in [0.15, 0.2) is 47.5 Å². The molecule has 140 valence electrons. The van der Waals surface area contributed by atoms with Gasteiger partial charge in [-0.15, -0.1) is 11.3 Å². The number of benzene rings is 1. The van der Waals surface area contributed by atoms with Crippen LogP contribution in [0.5, 0.6) is 5.75 Å². The molecule has 27 heavy (non-hydrogen) atoms. The van der Waals surface area contributed by atoms with Gasteiger partial charge in [0.2, 0.25) is 0 Å². The van der Waals surface area contributed by atoms with Crippen molar-refractivity contribution in [2.45, 2.75) is 32.8 Å². The number of para-hydroxylation sites is 2. The van der Waals surface area contributed by atoms with E-state index < -0.39 is 0 Å². The van der Waals surface area contributed by atoms with E-state index in [0.717, 1.165) is 30.8 Å². The lowest BCUT2D eigenvalue weighted by Crippen LogP contribution is -2.35. The smallest absolute Gasteiger partial charge is 0.282 e. The fourth-order valence-electron chi connectivity index (χ4n) is 3.61. The molecule has 0 unspecified atom stereocenters. The van der Waals surface area contributed by atoms with Gasteiger partial charge in [0.05, 0.1) is 17.4 Å². The molecule has 2 aliphatic rings. The molecule has 1 saturated heterocycles. The molecule has 0 radical (unpaired) electrons. The molecule has 1 aromatic carbocycles. The van der Waals surface area contributed by atoms with Crippen LogP contribution in [-0.2, 0) is 9.59 Å². The highest BCUT2D eigenvalue weighted by molar-refractivity contribution is 7.11. The first-order valence-corrected chi connectivity index (χ1v) is 10.1. The van der Waals surface area contributed by atoms with E-state index in [9.17, 15) is 9.59 Å². The van der Waals surface area contributed by atoms with Crippen LogP contribution in [-0.4, -0.2) is 35.9 Å². The summed E-state index contributed by atoms with van der Waals surface area (Å²) in [6, 6.07) is 11.1. The molecule has 2 aromatic rings. The van der Waals surface area contributed by atoms with Crippen LogP contribution in [0.1, 0.15) is 31.6 Å². The van der Waals surface area contributed by atoms with Gasteiger partial charge in [0, 0.05) is 18.0 Å². The molecule has 0 bridgehead atoms. The van der Waals surface area contributed by atoms with Gasteiger partial charge in [0.1, 0.15) is 11.4 Å². The Labute approximate surface area is 162 Å². The first-order valence-electron chi connectivity index (χ1n) is 9.25. The number of rotatable bonds is 5. The third-order valence-corrected chi connectivity index (χ3v) is 5.61. The number of amides is 2. The fraction of sp³-hybridized carbons (Fsp3) is 0.333. The minimum Gasteiger partial charge on any atom is -0.489 e. The summed E-state index contributed by atoms with van der Waals surface area (Å²) in [5.74, 6) is 0.0108. The van der Waals surface area contributed by atoms with Crippen molar-refractivity contribution in [2.24, 2.45) is 0 Å². The summed E-state index contributed by atoms with van der Waals surface area (Å²) >= 11 is 1.49. The molecule has 0 atom stereocenters. The number of imide groups is 1. The van der Waals surface area contributed by atoms with Crippen LogP contribution < -0.4 is 9.64 Å². The molecule has 4 rings (SSSR count). The Morgan fingerprint density at radius 1 is 1.00 bits per heavy atom. The highest BCUT2D eigenvalue weighted by atomic mass is 32.1. The van der Waals surface area contributed by atoms with Gasteiger partial charge < -0.3 is 9.64 Å². The summed E-state index contributed by atoms with van der Waals surface area (Å²) in [7, 11) is 0. The Bertz CT molecular complexity index is 896. The first-order chi connectivity index (χ1) is 13.1. The molecule has 1 fully saturated rings. The van der Waals surface area contributed by atoms with Crippen LogP contribution in [0.4, 0.5) is 5.69 Å². The molecule has 2 aliphatic heterocycles. The number of carbonyl (C=O) groups is 2. The number of hydrogen-bond donors (Lipinski definition) is 0. The zero-order chi connectivity index (χ0) is 19.0. The highest BCUT2D eigenvalue weighted by Gasteiger charge is 2.44. The van der Waals surface area contributed by atoms with E-state index in [0.29, 0.717) is 22.7 Å². The zero-order valence-corrected chi connectivity index (χ0v) is 16.3. The lowest BCUT2D eigenvalue weighted by Gasteiger charge is -2.22. The summed E-state index contributed by atoms with van der Waals surface area (Å²) in [6.45, 7) is 5.47. The zero-order valence-electron chi connectivity index (χ0n) is 15.5. The second-order valence-corrected chi connectivity index (χ2v) is 7.92. The molecule has 1 aromatic heterocycles. The number of likely N-dealkylation sites (tertiary alicyclic amines) is 1. The quantitative estimate of drug-likeness (QED) is 0.736. The van der Waals surface area contributed by atoms with E-state index in [2.05, 4.69) is 4.90 Å². The lowest BCUT2D eigenvalue weighted by molar-refractivity contribution is -0.120. The Balaban J connectivity index is 1.80. The van der Waals surface area contributed by atoms with Crippen molar-refractivity contribution < 1.29 is 14.3 Å². The SMILES string of the molecule is CC(C)Oc1ccccc1N1C(=O)C(c2cccs2)=C(N2CCCC2)C1=O. The van der Waals surface area contributed by atoms with Crippen molar-refractivity contribution in [2.75, 3.05) is 18.0 Å². The topological polar surface area (TPSA) is 49.9 Å². The number of carbonyl (C=O) groups excluding carboxylic acids is 2. The van der Waals surface area contributed by atoms with Gasteiger partial charge in [-0.05, 0) is 50.3 Å². The minimum atomic E-state index is -0.274. The summed E-state index contributed by atoms with van der Waals surface area (Å²) < 4.78 is 5.87. The highest BCUT2D eigenvalue weighted by Crippen LogP contribution is 2.40. The molecule has 5 nitrogen and oxygen atoms in total. The molecule has 0 saturated carbocycles. The van der Waals surface area contributed by atoms with Crippen LogP contribution in [0.25, 0.3) is 5.57 Å². The average Bonchev–Trinajstić information content (AvgIpc) is 3.37. The summed E-state index contributed by atoms with van der Waals surface area (Å²) in [6.07, 6.45) is 2.02. The summed E-state index contributed by atoms with van der Waals surface area (Å²) in [4.78, 5) is 31.0. The fourth-order valence-corrected chi connectivity index (χ4v) is 4.37. The molecule has 0 N–H and O–H groups in total. The number of anilines is 1. The average molecular weight is 382 g/mol. The first kappa shape index (κ1) is 17.8. The van der Waals surface area contributed by atoms with Crippen molar-refractivity contribution in [3.05, 3.63) is 52.4 Å². The van der Waals surface area contributed by atoms with E-state index in [1.54, 1.807) is 12.1 Å². The molecule has 0 spiro atoms. The standard InChI is InChI=1S/C21H22N2O3S/c1-14(2)26-16-9-4-3-8-15(16)23-20(24)18(17-10-7-13-27-17)19(21(23)25)22-11-5-6-12-22/h3-4,7-10,13-14H,5-6,11-12H2,1-2H3. The van der Waals surface area contributed by atoms with Crippen molar-refractivity contribution >= 4 is 34.4 Å². The van der Waals surface area contributed by atoms with Gasteiger partial charge in [-0.3, -0.25) is 9.59 Å². The Kier molecular flexibility index (Phi) is 4.74. The number of ether oxygens (including phenoxy) is 1. The number of nitrogens with zero attached hydrogens (tertiary/aromatic N) is 2. The summed E-state index contributed by atoms with van der Waals surface area (Å²) in [5.41, 5.74) is 1.54. The van der Waals surface area contributed by atoms with Crippen molar-refractivity contribution in [1.29, 1.82) is 0 Å². The van der Waals surface area contributed by atoms with Gasteiger partial charge in [0.25, 0.3) is 11.8 Å². The van der Waals surface area contributed by atoms with E-state index in [1.807, 2.05) is 43.5 Å². The third-order valence-electron chi connectivity index (χ3n) is 4.72. The largest absolute Gasteiger partial charge is 0.489 e. The predicted molar refractivity (Wildman–Crippen MR) is 107 cm³/mol. The molecular weight excluding hydrogens is 360 g/mol. The van der Waals surface area contributed by atoms with Crippen LogP contribution in [0.2, 0.25) is 0 Å². The Hall–Kier alpha value is -2.60. The molecule has 0 aliphatic carbocycles. The minimum absolute atomic E-state index is 0.0539. The maximum absolute atomic E-state index is 13.4. The van der Waals surface area contributed by atoms with Crippen molar-refractivity contribution in [3.8, 4) is 5.75 Å². The Morgan fingerprint density at radius 3 is 2.41 bits per heavy atom. The van der Waals surface area contributed by atoms with Crippen molar-refractivity contribution in [3.63, 3.8) is 0 Å². The van der Waals surface area contributed by atoms with E-state index in [-0.39, 0.29) is 17.9 Å². The van der Waals surface area contributed by atoms with Crippen LogP contribution >= 0.6 is 11.3 Å². The number of hydrogen-bond acceptors (Lipinski definition) is 5. The maximum atomic E-state index is 13.4. The lowest BCUT2D eigenvalue weighted by atomic mass is 10.2. The Morgan fingerprint density at radius 2 is 1.74 bits per heavy atom. The monoisotopic (exact) mass is 382 g/mol. The van der Waals surface area contributed by atoms with E-state index >= 15 is 0 Å². The van der Waals surface area contributed by atoms with Crippen LogP contribution in [0.3, 0.4) is 0 Å².